The zero-order valence-corrected chi connectivity index (χ0v) is 10.8. The molecule has 3 N–H and O–H groups in total. The molecule has 16 heavy (non-hydrogen) atoms. The normalized spacial score (nSPS) is 11.5. The molecule has 0 aliphatic heterocycles. The molecule has 0 radical (unpaired) electrons. The van der Waals surface area contributed by atoms with Crippen LogP contribution >= 0.6 is 0 Å². The Balaban J connectivity index is 3.74. The third-order valence-electron chi connectivity index (χ3n) is 3.24. The van der Waals surface area contributed by atoms with Crippen LogP contribution < -0.4 is 10.6 Å². The quantitative estimate of drug-likeness (QED) is 0.516. The lowest BCUT2D eigenvalue weighted by Crippen LogP contribution is -2.38. The molecule has 0 aliphatic carbocycles. The second kappa shape index (κ2) is 8.53. The van der Waals surface area contributed by atoms with E-state index in [1.807, 2.05) is 6.92 Å². The van der Waals surface area contributed by atoms with E-state index in [2.05, 4.69) is 24.5 Å². The van der Waals surface area contributed by atoms with Crippen LogP contribution in [0.2, 0.25) is 0 Å². The lowest BCUT2D eigenvalue weighted by Gasteiger charge is -2.29. The first-order chi connectivity index (χ1) is 7.64. The van der Waals surface area contributed by atoms with Crippen molar-refractivity contribution in [2.45, 2.75) is 40.0 Å². The van der Waals surface area contributed by atoms with Gasteiger partial charge in [0, 0.05) is 38.1 Å². The van der Waals surface area contributed by atoms with Gasteiger partial charge in [-0.1, -0.05) is 13.8 Å². The third kappa shape index (κ3) is 5.47. The number of aliphatic hydroxyl groups is 1. The molecule has 4 nitrogen and oxygen atoms in total. The lowest BCUT2D eigenvalue weighted by molar-refractivity contribution is -0.120. The molecule has 0 spiro atoms. The summed E-state index contributed by atoms with van der Waals surface area (Å²) in [5, 5.41) is 15.4. The molecule has 96 valence electrons. The van der Waals surface area contributed by atoms with Crippen molar-refractivity contribution in [3.63, 3.8) is 0 Å². The molecule has 0 saturated heterocycles. The number of nitrogens with one attached hydrogen (secondary N) is 2. The Morgan fingerprint density at radius 3 is 2.31 bits per heavy atom. The fourth-order valence-corrected chi connectivity index (χ4v) is 1.62. The van der Waals surface area contributed by atoms with Crippen LogP contribution in [-0.4, -0.2) is 37.3 Å². The summed E-state index contributed by atoms with van der Waals surface area (Å²) in [7, 11) is 0. The summed E-state index contributed by atoms with van der Waals surface area (Å²) in [5.41, 5.74) is -0.0266. The standard InChI is InChI=1S/C12H26N2O2/c1-4-12(5-2,10-15)9-13-8-7-11(16)14-6-3/h13,15H,4-10H2,1-3H3,(H,14,16). The number of carbonyl (C=O) groups excluding carboxylic acids is 1. The molecule has 0 aromatic carbocycles. The zero-order valence-electron chi connectivity index (χ0n) is 10.8. The van der Waals surface area contributed by atoms with E-state index in [0.29, 0.717) is 19.5 Å². The van der Waals surface area contributed by atoms with E-state index < -0.39 is 0 Å². The Morgan fingerprint density at radius 2 is 1.88 bits per heavy atom. The Hall–Kier alpha value is -0.610. The van der Waals surface area contributed by atoms with Gasteiger partial charge in [-0.05, 0) is 19.8 Å². The number of aliphatic hydroxyl groups excluding tert-OH is 1. The zero-order chi connectivity index (χ0) is 12.4. The maximum Gasteiger partial charge on any atom is 0.221 e. The molecule has 0 fully saturated rings. The summed E-state index contributed by atoms with van der Waals surface area (Å²) < 4.78 is 0. The average molecular weight is 230 g/mol. The van der Waals surface area contributed by atoms with Crippen molar-refractivity contribution in [2.75, 3.05) is 26.2 Å². The van der Waals surface area contributed by atoms with E-state index >= 15 is 0 Å². The molecule has 4 heteroatoms. The molecule has 1 amide bonds. The lowest BCUT2D eigenvalue weighted by atomic mass is 9.83. The van der Waals surface area contributed by atoms with Crippen LogP contribution in [0.15, 0.2) is 0 Å². The van der Waals surface area contributed by atoms with Crippen molar-refractivity contribution < 1.29 is 9.90 Å². The number of hydrogen-bond donors (Lipinski definition) is 3. The first-order valence-corrected chi connectivity index (χ1v) is 6.22. The summed E-state index contributed by atoms with van der Waals surface area (Å²) in [4.78, 5) is 11.2. The molecular weight excluding hydrogens is 204 g/mol. The molecule has 0 rings (SSSR count). The van der Waals surface area contributed by atoms with E-state index in [9.17, 15) is 9.90 Å². The average Bonchev–Trinajstić information content (AvgIpc) is 2.31. The predicted octanol–water partition coefficient (Wildman–Crippen LogP) is 0.901. The minimum absolute atomic E-state index is 0.0266. The van der Waals surface area contributed by atoms with Gasteiger partial charge in [-0.25, -0.2) is 0 Å². The smallest absolute Gasteiger partial charge is 0.221 e. The Kier molecular flexibility index (Phi) is 8.21. The minimum atomic E-state index is -0.0266. The van der Waals surface area contributed by atoms with Crippen LogP contribution in [0.25, 0.3) is 0 Å². The van der Waals surface area contributed by atoms with Gasteiger partial charge in [0.05, 0.1) is 0 Å². The van der Waals surface area contributed by atoms with E-state index in [-0.39, 0.29) is 17.9 Å². The van der Waals surface area contributed by atoms with Gasteiger partial charge in [0.1, 0.15) is 0 Å². The summed E-state index contributed by atoms with van der Waals surface area (Å²) in [6.07, 6.45) is 2.41. The number of carbonyl (C=O) groups is 1. The largest absolute Gasteiger partial charge is 0.396 e. The monoisotopic (exact) mass is 230 g/mol. The second-order valence-corrected chi connectivity index (χ2v) is 4.25. The van der Waals surface area contributed by atoms with Crippen molar-refractivity contribution in [2.24, 2.45) is 5.41 Å². The van der Waals surface area contributed by atoms with Gasteiger partial charge in [-0.15, -0.1) is 0 Å². The number of rotatable bonds is 9. The SMILES string of the molecule is CCNC(=O)CCNCC(CC)(CC)CO. The molecule has 0 aliphatic rings. The number of amides is 1. The topological polar surface area (TPSA) is 61.4 Å². The Labute approximate surface area is 98.8 Å². The van der Waals surface area contributed by atoms with Gasteiger partial charge in [-0.2, -0.15) is 0 Å². The maximum absolute atomic E-state index is 11.2. The highest BCUT2D eigenvalue weighted by Gasteiger charge is 2.24. The van der Waals surface area contributed by atoms with Gasteiger partial charge in [-0.3, -0.25) is 4.79 Å². The highest BCUT2D eigenvalue weighted by molar-refractivity contribution is 5.75. The van der Waals surface area contributed by atoms with Crippen molar-refractivity contribution in [3.05, 3.63) is 0 Å². The molecule has 0 bridgehead atoms. The van der Waals surface area contributed by atoms with Crippen LogP contribution in [0.5, 0.6) is 0 Å². The predicted molar refractivity (Wildman–Crippen MR) is 66.3 cm³/mol. The highest BCUT2D eigenvalue weighted by atomic mass is 16.3. The van der Waals surface area contributed by atoms with Gasteiger partial charge < -0.3 is 15.7 Å². The molecule has 0 atom stereocenters. The number of hydrogen-bond acceptors (Lipinski definition) is 3. The van der Waals surface area contributed by atoms with Gasteiger partial charge in [0.15, 0.2) is 0 Å². The van der Waals surface area contributed by atoms with Crippen LogP contribution in [0, 0.1) is 5.41 Å². The summed E-state index contributed by atoms with van der Waals surface area (Å²) in [6, 6.07) is 0. The highest BCUT2D eigenvalue weighted by Crippen LogP contribution is 2.24. The van der Waals surface area contributed by atoms with Crippen LogP contribution in [0.1, 0.15) is 40.0 Å². The maximum atomic E-state index is 11.2. The van der Waals surface area contributed by atoms with Crippen molar-refractivity contribution in [3.8, 4) is 0 Å². The summed E-state index contributed by atoms with van der Waals surface area (Å²) >= 11 is 0. The molecule has 0 heterocycles. The molecule has 0 unspecified atom stereocenters. The van der Waals surface area contributed by atoms with Gasteiger partial charge >= 0.3 is 0 Å². The molecule has 0 aromatic heterocycles. The first kappa shape index (κ1) is 15.4. The minimum Gasteiger partial charge on any atom is -0.396 e. The fourth-order valence-electron chi connectivity index (χ4n) is 1.62. The van der Waals surface area contributed by atoms with Crippen molar-refractivity contribution in [1.82, 2.24) is 10.6 Å². The Bertz CT molecular complexity index is 183. The summed E-state index contributed by atoms with van der Waals surface area (Å²) in [5.74, 6) is 0.0811. The first-order valence-electron chi connectivity index (χ1n) is 6.22. The van der Waals surface area contributed by atoms with E-state index in [1.165, 1.54) is 0 Å². The van der Waals surface area contributed by atoms with Gasteiger partial charge in [0.2, 0.25) is 5.91 Å². The van der Waals surface area contributed by atoms with Crippen molar-refractivity contribution >= 4 is 5.91 Å². The van der Waals surface area contributed by atoms with E-state index in [1.54, 1.807) is 0 Å². The second-order valence-electron chi connectivity index (χ2n) is 4.25. The van der Waals surface area contributed by atoms with Gasteiger partial charge in [0.25, 0.3) is 0 Å². The molecule has 0 saturated carbocycles. The molecule has 0 aromatic rings. The van der Waals surface area contributed by atoms with Crippen molar-refractivity contribution in [1.29, 1.82) is 0 Å². The third-order valence-corrected chi connectivity index (χ3v) is 3.24. The molecular formula is C12H26N2O2. The van der Waals surface area contributed by atoms with E-state index in [4.69, 9.17) is 0 Å². The Morgan fingerprint density at radius 1 is 1.25 bits per heavy atom. The fraction of sp³-hybridized carbons (Fsp3) is 0.917. The van der Waals surface area contributed by atoms with Crippen LogP contribution in [0.4, 0.5) is 0 Å². The van der Waals surface area contributed by atoms with Crippen LogP contribution in [-0.2, 0) is 4.79 Å². The van der Waals surface area contributed by atoms with E-state index in [0.717, 1.165) is 19.4 Å². The summed E-state index contributed by atoms with van der Waals surface area (Å²) in [6.45, 7) is 8.42. The van der Waals surface area contributed by atoms with Crippen LogP contribution in [0.3, 0.4) is 0 Å².